The highest BCUT2D eigenvalue weighted by Gasteiger charge is 2.30. The van der Waals surface area contributed by atoms with Crippen molar-refractivity contribution in [1.82, 2.24) is 0 Å². The normalized spacial score (nSPS) is 11.0. The van der Waals surface area contributed by atoms with Gasteiger partial charge in [-0.25, -0.2) is 0 Å². The van der Waals surface area contributed by atoms with E-state index in [-0.39, 0.29) is 12.1 Å². The maximum absolute atomic E-state index is 12.7. The van der Waals surface area contributed by atoms with E-state index in [1.54, 1.807) is 18.2 Å². The van der Waals surface area contributed by atoms with Gasteiger partial charge in [-0.3, -0.25) is 4.79 Å². The first kappa shape index (κ1) is 17.7. The molecule has 4 nitrogen and oxygen atoms in total. The van der Waals surface area contributed by atoms with Crippen molar-refractivity contribution in [3.63, 3.8) is 0 Å². The first-order valence-corrected chi connectivity index (χ1v) is 7.01. The van der Waals surface area contributed by atoms with Crippen LogP contribution in [-0.2, 0) is 17.4 Å². The van der Waals surface area contributed by atoms with Crippen LogP contribution in [0.15, 0.2) is 42.5 Å². The van der Waals surface area contributed by atoms with E-state index in [0.29, 0.717) is 17.1 Å². The monoisotopic (exact) mass is 339 g/mol. The van der Waals surface area contributed by atoms with Crippen molar-refractivity contribution in [3.05, 3.63) is 53.6 Å². The number of benzene rings is 2. The second kappa shape index (κ2) is 7.25. The molecule has 0 spiro atoms. The van der Waals surface area contributed by atoms with Crippen molar-refractivity contribution in [2.45, 2.75) is 12.6 Å². The highest BCUT2D eigenvalue weighted by molar-refractivity contribution is 5.92. The van der Waals surface area contributed by atoms with Crippen LogP contribution in [0, 0.1) is 0 Å². The molecule has 0 unspecified atom stereocenters. The highest BCUT2D eigenvalue weighted by atomic mass is 19.4. The molecule has 2 aromatic rings. The number of alkyl halides is 3. The van der Waals surface area contributed by atoms with Gasteiger partial charge >= 0.3 is 6.18 Å². The van der Waals surface area contributed by atoms with Crippen LogP contribution in [0.5, 0.6) is 11.5 Å². The third-order valence-corrected chi connectivity index (χ3v) is 3.32. The van der Waals surface area contributed by atoms with Crippen LogP contribution in [0.3, 0.4) is 0 Å². The summed E-state index contributed by atoms with van der Waals surface area (Å²) >= 11 is 0. The lowest BCUT2D eigenvalue weighted by atomic mass is 10.1. The van der Waals surface area contributed by atoms with Gasteiger partial charge in [0, 0.05) is 17.3 Å². The van der Waals surface area contributed by atoms with E-state index in [9.17, 15) is 18.0 Å². The third-order valence-electron chi connectivity index (χ3n) is 3.32. The molecule has 0 radical (unpaired) electrons. The Bertz CT molecular complexity index is 729. The molecule has 1 amide bonds. The number of anilines is 1. The van der Waals surface area contributed by atoms with Crippen LogP contribution in [0.2, 0.25) is 0 Å². The lowest BCUT2D eigenvalue weighted by Crippen LogP contribution is -2.15. The molecule has 0 saturated heterocycles. The Morgan fingerprint density at radius 1 is 1.08 bits per heavy atom. The maximum atomic E-state index is 12.7. The van der Waals surface area contributed by atoms with Crippen molar-refractivity contribution in [2.24, 2.45) is 0 Å². The zero-order chi connectivity index (χ0) is 17.7. The molecule has 7 heteroatoms. The predicted octanol–water partition coefficient (Wildman–Crippen LogP) is 3.90. The number of ether oxygens (including phenoxy) is 2. The predicted molar refractivity (Wildman–Crippen MR) is 83.3 cm³/mol. The van der Waals surface area contributed by atoms with Gasteiger partial charge in [-0.05, 0) is 24.3 Å². The number of carbonyl (C=O) groups is 1. The molecular weight excluding hydrogens is 323 g/mol. The fourth-order valence-corrected chi connectivity index (χ4v) is 2.15. The Balaban J connectivity index is 2.11. The molecule has 0 fully saturated rings. The van der Waals surface area contributed by atoms with Crippen molar-refractivity contribution in [3.8, 4) is 11.5 Å². The first-order chi connectivity index (χ1) is 11.3. The Hall–Kier alpha value is -2.70. The van der Waals surface area contributed by atoms with Crippen LogP contribution < -0.4 is 14.8 Å². The summed E-state index contributed by atoms with van der Waals surface area (Å²) in [4.78, 5) is 12.1. The highest BCUT2D eigenvalue weighted by Crippen LogP contribution is 2.31. The summed E-state index contributed by atoms with van der Waals surface area (Å²) in [5.41, 5.74) is -0.132. The van der Waals surface area contributed by atoms with E-state index < -0.39 is 17.6 Å². The number of rotatable bonds is 5. The van der Waals surface area contributed by atoms with Gasteiger partial charge in [0.2, 0.25) is 5.91 Å². The number of nitrogens with one attached hydrogen (secondary N) is 1. The van der Waals surface area contributed by atoms with E-state index in [1.807, 2.05) is 0 Å². The SMILES string of the molecule is COc1ccc(CC(=O)Nc2cccc(C(F)(F)F)c2)c(OC)c1. The van der Waals surface area contributed by atoms with Gasteiger partial charge in [0.15, 0.2) is 0 Å². The minimum absolute atomic E-state index is 0.0383. The van der Waals surface area contributed by atoms with Gasteiger partial charge in [-0.2, -0.15) is 13.2 Å². The van der Waals surface area contributed by atoms with Crippen LogP contribution in [0.4, 0.5) is 18.9 Å². The summed E-state index contributed by atoms with van der Waals surface area (Å²) in [7, 11) is 2.97. The molecule has 0 saturated carbocycles. The summed E-state index contributed by atoms with van der Waals surface area (Å²) < 4.78 is 48.3. The molecule has 0 bridgehead atoms. The summed E-state index contributed by atoms with van der Waals surface area (Å²) in [5.74, 6) is 0.597. The number of methoxy groups -OCH3 is 2. The van der Waals surface area contributed by atoms with Gasteiger partial charge in [0.05, 0.1) is 26.2 Å². The molecule has 0 aliphatic rings. The van der Waals surface area contributed by atoms with E-state index >= 15 is 0 Å². The smallest absolute Gasteiger partial charge is 0.416 e. The summed E-state index contributed by atoms with van der Waals surface area (Å²) in [6.07, 6.45) is -4.50. The van der Waals surface area contributed by atoms with Crippen molar-refractivity contribution in [2.75, 3.05) is 19.5 Å². The molecule has 0 atom stereocenters. The molecule has 0 aliphatic carbocycles. The Morgan fingerprint density at radius 2 is 1.83 bits per heavy atom. The maximum Gasteiger partial charge on any atom is 0.416 e. The second-order valence-electron chi connectivity index (χ2n) is 4.98. The standard InChI is InChI=1S/C17H16F3NO3/c1-23-14-7-6-11(15(10-14)24-2)8-16(22)21-13-5-3-4-12(9-13)17(18,19)20/h3-7,9-10H,8H2,1-2H3,(H,21,22). The lowest BCUT2D eigenvalue weighted by Gasteiger charge is -2.12. The summed E-state index contributed by atoms with van der Waals surface area (Å²) in [6.45, 7) is 0. The van der Waals surface area contributed by atoms with Crippen LogP contribution in [0.1, 0.15) is 11.1 Å². The number of hydrogen-bond acceptors (Lipinski definition) is 3. The van der Waals surface area contributed by atoms with Gasteiger partial charge in [0.25, 0.3) is 0 Å². The fourth-order valence-electron chi connectivity index (χ4n) is 2.15. The largest absolute Gasteiger partial charge is 0.497 e. The zero-order valence-corrected chi connectivity index (χ0v) is 13.1. The topological polar surface area (TPSA) is 47.6 Å². The van der Waals surface area contributed by atoms with Gasteiger partial charge in [-0.15, -0.1) is 0 Å². The summed E-state index contributed by atoms with van der Waals surface area (Å²) in [6, 6.07) is 9.46. The molecule has 0 aromatic heterocycles. The second-order valence-corrected chi connectivity index (χ2v) is 4.98. The number of hydrogen-bond donors (Lipinski definition) is 1. The quantitative estimate of drug-likeness (QED) is 0.899. The molecule has 2 rings (SSSR count). The molecule has 1 N–H and O–H groups in total. The van der Waals surface area contributed by atoms with Crippen LogP contribution >= 0.6 is 0 Å². The molecule has 128 valence electrons. The fraction of sp³-hybridized carbons (Fsp3) is 0.235. The number of carbonyl (C=O) groups excluding carboxylic acids is 1. The summed E-state index contributed by atoms with van der Waals surface area (Å²) in [5, 5.41) is 2.46. The minimum atomic E-state index is -4.46. The van der Waals surface area contributed by atoms with Gasteiger partial charge in [-0.1, -0.05) is 12.1 Å². The molecule has 0 aliphatic heterocycles. The Labute approximate surface area is 137 Å². The minimum Gasteiger partial charge on any atom is -0.497 e. The Kier molecular flexibility index (Phi) is 5.33. The van der Waals surface area contributed by atoms with Crippen molar-refractivity contribution >= 4 is 11.6 Å². The van der Waals surface area contributed by atoms with Gasteiger partial charge < -0.3 is 14.8 Å². The van der Waals surface area contributed by atoms with Crippen molar-refractivity contribution in [1.29, 1.82) is 0 Å². The zero-order valence-electron chi connectivity index (χ0n) is 13.1. The number of halogens is 3. The first-order valence-electron chi connectivity index (χ1n) is 7.01. The molecule has 24 heavy (non-hydrogen) atoms. The lowest BCUT2D eigenvalue weighted by molar-refractivity contribution is -0.137. The van der Waals surface area contributed by atoms with Crippen LogP contribution in [0.25, 0.3) is 0 Å². The van der Waals surface area contributed by atoms with Crippen LogP contribution in [-0.4, -0.2) is 20.1 Å². The molecule has 2 aromatic carbocycles. The van der Waals surface area contributed by atoms with E-state index in [1.165, 1.54) is 26.4 Å². The van der Waals surface area contributed by atoms with E-state index in [2.05, 4.69) is 5.32 Å². The number of amides is 1. The average molecular weight is 339 g/mol. The van der Waals surface area contributed by atoms with Gasteiger partial charge in [0.1, 0.15) is 11.5 Å². The molecular formula is C17H16F3NO3. The van der Waals surface area contributed by atoms with E-state index in [4.69, 9.17) is 9.47 Å². The third kappa shape index (κ3) is 4.41. The van der Waals surface area contributed by atoms with Crippen molar-refractivity contribution < 1.29 is 27.4 Å². The Morgan fingerprint density at radius 3 is 2.46 bits per heavy atom. The molecule has 0 heterocycles. The van der Waals surface area contributed by atoms with E-state index in [0.717, 1.165) is 12.1 Å². The average Bonchev–Trinajstić information content (AvgIpc) is 2.54.